The van der Waals surface area contributed by atoms with Gasteiger partial charge in [0, 0.05) is 19.3 Å². The maximum absolute atomic E-state index is 12.6. The molecule has 0 aromatic rings. The monoisotopic (exact) mass is 765 g/mol. The minimum absolute atomic E-state index is 0.0642. The van der Waals surface area contributed by atoms with Gasteiger partial charge in [0.1, 0.15) is 13.2 Å². The molecule has 6 heteroatoms. The van der Waals surface area contributed by atoms with Crippen LogP contribution < -0.4 is 0 Å². The predicted octanol–water partition coefficient (Wildman–Crippen LogP) is 15.1. The van der Waals surface area contributed by atoms with E-state index in [1.165, 1.54) is 161 Å². The average molecular weight is 765 g/mol. The molecular weight excluding hydrogens is 673 g/mol. The Balaban J connectivity index is 4.18. The van der Waals surface area contributed by atoms with Crippen LogP contribution in [0.5, 0.6) is 0 Å². The van der Waals surface area contributed by atoms with E-state index in [0.29, 0.717) is 19.3 Å². The molecule has 0 amide bonds. The van der Waals surface area contributed by atoms with Gasteiger partial charge < -0.3 is 14.2 Å². The van der Waals surface area contributed by atoms with Gasteiger partial charge in [0.15, 0.2) is 6.10 Å². The number of unbranched alkanes of at least 4 members (excludes halogenated alkanes) is 30. The first-order valence-corrected chi connectivity index (χ1v) is 23.9. The van der Waals surface area contributed by atoms with E-state index in [-0.39, 0.29) is 31.1 Å². The van der Waals surface area contributed by atoms with Crippen molar-refractivity contribution in [1.29, 1.82) is 0 Å². The third kappa shape index (κ3) is 41.6. The van der Waals surface area contributed by atoms with Crippen LogP contribution in [-0.2, 0) is 28.6 Å². The summed E-state index contributed by atoms with van der Waals surface area (Å²) in [5.41, 5.74) is 0. The van der Waals surface area contributed by atoms with E-state index >= 15 is 0 Å². The van der Waals surface area contributed by atoms with Crippen LogP contribution in [0, 0.1) is 5.92 Å². The summed E-state index contributed by atoms with van der Waals surface area (Å²) in [6, 6.07) is 0. The SMILES string of the molecule is CCCCCCCCCCCCCCCCCCCC(=O)OC[C@@H](COC(=O)CCCCCCCCCCCC(C)C)OC(=O)CCCCCCCCC. The standard InChI is InChI=1S/C48H92O6/c1-5-7-9-11-13-14-15-16-17-18-19-20-21-24-28-31-35-39-46(49)52-42-45(54-48(51)41-37-33-26-12-10-8-6-2)43-53-47(50)40-36-32-29-25-22-23-27-30-34-38-44(3)4/h44-45H,5-43H2,1-4H3/t45-/m0/s1. The number of esters is 3. The van der Waals surface area contributed by atoms with Gasteiger partial charge in [0.25, 0.3) is 0 Å². The lowest BCUT2D eigenvalue weighted by Gasteiger charge is -2.18. The fourth-order valence-corrected chi connectivity index (χ4v) is 7.16. The molecule has 0 bridgehead atoms. The van der Waals surface area contributed by atoms with Crippen LogP contribution in [0.1, 0.15) is 265 Å². The third-order valence-electron chi connectivity index (χ3n) is 10.8. The fourth-order valence-electron chi connectivity index (χ4n) is 7.16. The van der Waals surface area contributed by atoms with Crippen LogP contribution in [0.2, 0.25) is 0 Å². The molecule has 54 heavy (non-hydrogen) atoms. The molecule has 0 heterocycles. The summed E-state index contributed by atoms with van der Waals surface area (Å²) in [7, 11) is 0. The van der Waals surface area contributed by atoms with Crippen LogP contribution in [0.25, 0.3) is 0 Å². The van der Waals surface area contributed by atoms with Gasteiger partial charge in [-0.3, -0.25) is 14.4 Å². The highest BCUT2D eigenvalue weighted by Crippen LogP contribution is 2.16. The highest BCUT2D eigenvalue weighted by molar-refractivity contribution is 5.71. The van der Waals surface area contributed by atoms with Crippen molar-refractivity contribution in [3.05, 3.63) is 0 Å². The zero-order chi connectivity index (χ0) is 39.6. The van der Waals surface area contributed by atoms with E-state index in [1.54, 1.807) is 0 Å². The second kappa shape index (κ2) is 42.6. The lowest BCUT2D eigenvalue weighted by Crippen LogP contribution is -2.30. The molecule has 0 radical (unpaired) electrons. The zero-order valence-corrected chi connectivity index (χ0v) is 36.7. The molecule has 0 N–H and O–H groups in total. The average Bonchev–Trinajstić information content (AvgIpc) is 3.15. The predicted molar refractivity (Wildman–Crippen MR) is 229 cm³/mol. The van der Waals surface area contributed by atoms with E-state index in [0.717, 1.165) is 63.7 Å². The zero-order valence-electron chi connectivity index (χ0n) is 36.7. The second-order valence-electron chi connectivity index (χ2n) is 16.9. The Morgan fingerprint density at radius 2 is 0.611 bits per heavy atom. The van der Waals surface area contributed by atoms with Crippen molar-refractivity contribution in [3.63, 3.8) is 0 Å². The molecule has 0 unspecified atom stereocenters. The number of hydrogen-bond donors (Lipinski definition) is 0. The molecule has 0 rings (SSSR count). The molecule has 0 aromatic carbocycles. The van der Waals surface area contributed by atoms with Crippen molar-refractivity contribution in [1.82, 2.24) is 0 Å². The van der Waals surface area contributed by atoms with E-state index in [9.17, 15) is 14.4 Å². The van der Waals surface area contributed by atoms with E-state index < -0.39 is 6.10 Å². The normalized spacial score (nSPS) is 11.9. The molecule has 0 saturated carbocycles. The number of carbonyl (C=O) groups excluding carboxylic acids is 3. The Hall–Kier alpha value is -1.59. The van der Waals surface area contributed by atoms with Gasteiger partial charge in [-0.25, -0.2) is 0 Å². The van der Waals surface area contributed by atoms with Crippen molar-refractivity contribution >= 4 is 17.9 Å². The quantitative estimate of drug-likeness (QED) is 0.0349. The molecule has 0 aliphatic rings. The summed E-state index contributed by atoms with van der Waals surface area (Å²) in [5, 5.41) is 0. The van der Waals surface area contributed by atoms with Gasteiger partial charge in [-0.15, -0.1) is 0 Å². The molecule has 1 atom stereocenters. The summed E-state index contributed by atoms with van der Waals surface area (Å²) in [6.45, 7) is 8.95. The van der Waals surface area contributed by atoms with Gasteiger partial charge in [-0.05, 0) is 25.2 Å². The molecule has 0 aliphatic heterocycles. The first-order chi connectivity index (χ1) is 26.4. The maximum Gasteiger partial charge on any atom is 0.306 e. The first kappa shape index (κ1) is 52.4. The highest BCUT2D eigenvalue weighted by atomic mass is 16.6. The molecule has 0 aromatic heterocycles. The van der Waals surface area contributed by atoms with Crippen molar-refractivity contribution in [3.8, 4) is 0 Å². The Morgan fingerprint density at radius 1 is 0.352 bits per heavy atom. The maximum atomic E-state index is 12.6. The van der Waals surface area contributed by atoms with Crippen LogP contribution >= 0.6 is 0 Å². The molecular formula is C48H92O6. The number of rotatable bonds is 43. The van der Waals surface area contributed by atoms with Crippen molar-refractivity contribution in [2.24, 2.45) is 5.92 Å². The Kier molecular flexibility index (Phi) is 41.3. The van der Waals surface area contributed by atoms with Crippen molar-refractivity contribution < 1.29 is 28.6 Å². The topological polar surface area (TPSA) is 78.9 Å². The van der Waals surface area contributed by atoms with Crippen LogP contribution in [0.4, 0.5) is 0 Å². The molecule has 0 fully saturated rings. The molecule has 6 nitrogen and oxygen atoms in total. The highest BCUT2D eigenvalue weighted by Gasteiger charge is 2.19. The largest absolute Gasteiger partial charge is 0.462 e. The van der Waals surface area contributed by atoms with Gasteiger partial charge in [0.05, 0.1) is 0 Å². The van der Waals surface area contributed by atoms with Gasteiger partial charge in [-0.1, -0.05) is 227 Å². The Morgan fingerprint density at radius 3 is 0.907 bits per heavy atom. The van der Waals surface area contributed by atoms with Gasteiger partial charge in [0.2, 0.25) is 0 Å². The minimum atomic E-state index is -0.758. The lowest BCUT2D eigenvalue weighted by atomic mass is 10.0. The van der Waals surface area contributed by atoms with Crippen molar-refractivity contribution in [2.45, 2.75) is 271 Å². The number of ether oxygens (including phenoxy) is 3. The fraction of sp³-hybridized carbons (Fsp3) is 0.938. The third-order valence-corrected chi connectivity index (χ3v) is 10.8. The first-order valence-electron chi connectivity index (χ1n) is 23.9. The van der Waals surface area contributed by atoms with E-state index in [2.05, 4.69) is 27.7 Å². The summed E-state index contributed by atoms with van der Waals surface area (Å²) < 4.78 is 16.7. The van der Waals surface area contributed by atoms with E-state index in [1.807, 2.05) is 0 Å². The molecule has 0 saturated heterocycles. The summed E-state index contributed by atoms with van der Waals surface area (Å²) in [5.74, 6) is -0.0501. The summed E-state index contributed by atoms with van der Waals surface area (Å²) in [6.07, 6.45) is 42.5. The van der Waals surface area contributed by atoms with E-state index in [4.69, 9.17) is 14.2 Å². The van der Waals surface area contributed by atoms with Crippen LogP contribution in [0.15, 0.2) is 0 Å². The second-order valence-corrected chi connectivity index (χ2v) is 16.9. The molecule has 0 aliphatic carbocycles. The lowest BCUT2D eigenvalue weighted by molar-refractivity contribution is -0.167. The summed E-state index contributed by atoms with van der Waals surface area (Å²) in [4.78, 5) is 37.6. The number of hydrogen-bond acceptors (Lipinski definition) is 6. The Bertz CT molecular complexity index is 811. The molecule has 0 spiro atoms. The van der Waals surface area contributed by atoms with Crippen LogP contribution in [0.3, 0.4) is 0 Å². The minimum Gasteiger partial charge on any atom is -0.462 e. The van der Waals surface area contributed by atoms with Crippen LogP contribution in [-0.4, -0.2) is 37.2 Å². The van der Waals surface area contributed by atoms with Gasteiger partial charge in [-0.2, -0.15) is 0 Å². The van der Waals surface area contributed by atoms with Crippen molar-refractivity contribution in [2.75, 3.05) is 13.2 Å². The Labute approximate surface area is 336 Å². The smallest absolute Gasteiger partial charge is 0.306 e. The van der Waals surface area contributed by atoms with Gasteiger partial charge >= 0.3 is 17.9 Å². The summed E-state index contributed by atoms with van der Waals surface area (Å²) >= 11 is 0. The number of carbonyl (C=O) groups is 3. The molecule has 320 valence electrons.